The van der Waals surface area contributed by atoms with Gasteiger partial charge in [0.2, 0.25) is 0 Å². The molecule has 0 spiro atoms. The van der Waals surface area contributed by atoms with E-state index in [0.717, 1.165) is 23.5 Å². The first kappa shape index (κ1) is 14.0. The molecular weight excluding hydrogens is 240 g/mol. The maximum Gasteiger partial charge on any atom is 0.196 e. The van der Waals surface area contributed by atoms with Crippen LogP contribution in [0.3, 0.4) is 0 Å². The zero-order valence-electron chi connectivity index (χ0n) is 12.3. The van der Waals surface area contributed by atoms with Gasteiger partial charge < -0.3 is 14.5 Å². The number of aromatic amines is 1. The molecule has 1 aliphatic rings. The van der Waals surface area contributed by atoms with E-state index in [4.69, 9.17) is 14.5 Å². The van der Waals surface area contributed by atoms with Crippen molar-refractivity contribution in [1.29, 1.82) is 0 Å². The van der Waals surface area contributed by atoms with Crippen LogP contribution >= 0.6 is 0 Å². The Hall–Kier alpha value is -1.39. The molecule has 0 amide bonds. The van der Waals surface area contributed by atoms with E-state index in [0.29, 0.717) is 0 Å². The van der Waals surface area contributed by atoms with E-state index in [-0.39, 0.29) is 11.7 Å². The largest absolute Gasteiger partial charge is 0.361 e. The lowest BCUT2D eigenvalue weighted by molar-refractivity contribution is -0.0532. The first-order valence-electron chi connectivity index (χ1n) is 6.47. The first-order chi connectivity index (χ1) is 8.97. The molecule has 0 saturated heterocycles. The van der Waals surface area contributed by atoms with Crippen LogP contribution in [0.25, 0.3) is 6.08 Å². The molecule has 0 aliphatic carbocycles. The molecule has 0 bridgehead atoms. The number of ether oxygens (including phenoxy) is 2. The highest BCUT2D eigenvalue weighted by Crippen LogP contribution is 2.39. The highest BCUT2D eigenvalue weighted by Gasteiger charge is 2.35. The first-order valence-corrected chi connectivity index (χ1v) is 6.47. The van der Waals surface area contributed by atoms with Crippen molar-refractivity contribution in [2.75, 3.05) is 14.2 Å². The number of aliphatic imine (C=N–C) groups is 1. The third kappa shape index (κ3) is 2.80. The van der Waals surface area contributed by atoms with Crippen LogP contribution in [0.15, 0.2) is 23.0 Å². The van der Waals surface area contributed by atoms with Crippen molar-refractivity contribution in [1.82, 2.24) is 4.98 Å². The smallest absolute Gasteiger partial charge is 0.196 e. The summed E-state index contributed by atoms with van der Waals surface area (Å²) in [4.78, 5) is 7.94. The summed E-state index contributed by atoms with van der Waals surface area (Å²) in [5.74, 6) is 0. The molecule has 2 heterocycles. The topological polar surface area (TPSA) is 46.6 Å². The Bertz CT molecular complexity index is 508. The van der Waals surface area contributed by atoms with Gasteiger partial charge in [-0.3, -0.25) is 4.99 Å². The van der Waals surface area contributed by atoms with E-state index < -0.39 is 0 Å². The van der Waals surface area contributed by atoms with E-state index in [1.165, 1.54) is 5.56 Å². The van der Waals surface area contributed by atoms with Crippen LogP contribution in [0, 0.1) is 12.3 Å². The Balaban J connectivity index is 2.33. The molecule has 0 saturated carbocycles. The Morgan fingerprint density at radius 3 is 2.58 bits per heavy atom. The maximum atomic E-state index is 5.30. The third-order valence-corrected chi connectivity index (χ3v) is 3.56. The Kier molecular flexibility index (Phi) is 3.92. The van der Waals surface area contributed by atoms with Crippen molar-refractivity contribution in [2.45, 2.75) is 33.5 Å². The molecule has 0 fully saturated rings. The van der Waals surface area contributed by atoms with Crippen LogP contribution in [0.5, 0.6) is 0 Å². The lowest BCUT2D eigenvalue weighted by atomic mass is 9.86. The van der Waals surface area contributed by atoms with Crippen LogP contribution in [0.1, 0.15) is 31.5 Å². The van der Waals surface area contributed by atoms with Crippen molar-refractivity contribution in [2.24, 2.45) is 10.4 Å². The average molecular weight is 262 g/mol. The molecule has 0 unspecified atom stereocenters. The molecule has 1 aliphatic heterocycles. The Labute approximate surface area is 114 Å². The molecule has 4 heteroatoms. The van der Waals surface area contributed by atoms with Crippen LogP contribution in [0.2, 0.25) is 0 Å². The summed E-state index contributed by atoms with van der Waals surface area (Å²) < 4.78 is 10.6. The highest BCUT2D eigenvalue weighted by molar-refractivity contribution is 5.92. The third-order valence-electron chi connectivity index (χ3n) is 3.56. The molecule has 1 aromatic rings. The molecule has 0 aromatic carbocycles. The summed E-state index contributed by atoms with van der Waals surface area (Å²) in [5, 5.41) is 0. The minimum absolute atomic E-state index is 0.00218. The number of H-pyrrole nitrogens is 1. The lowest BCUT2D eigenvalue weighted by Crippen LogP contribution is -2.25. The van der Waals surface area contributed by atoms with E-state index in [1.54, 1.807) is 14.2 Å². The maximum absolute atomic E-state index is 5.30. The highest BCUT2D eigenvalue weighted by atomic mass is 16.7. The number of aromatic nitrogens is 1. The summed E-state index contributed by atoms with van der Waals surface area (Å²) in [6.07, 6.45) is 4.56. The number of methoxy groups -OCH3 is 2. The van der Waals surface area contributed by atoms with Gasteiger partial charge in [0.1, 0.15) is 0 Å². The number of aryl methyl sites for hydroxylation is 1. The number of hydrogen-bond acceptors (Lipinski definition) is 3. The zero-order valence-corrected chi connectivity index (χ0v) is 12.3. The summed E-state index contributed by atoms with van der Waals surface area (Å²) in [7, 11) is 3.28. The molecule has 2 rings (SSSR count). The molecule has 1 aromatic heterocycles. The summed E-state index contributed by atoms with van der Waals surface area (Å²) in [6.45, 7) is 6.47. The minimum Gasteiger partial charge on any atom is -0.361 e. The molecule has 1 N–H and O–H groups in total. The van der Waals surface area contributed by atoms with Crippen molar-refractivity contribution >= 4 is 11.8 Å². The van der Waals surface area contributed by atoms with Gasteiger partial charge in [0, 0.05) is 43.6 Å². The molecule has 19 heavy (non-hydrogen) atoms. The molecular formula is C15H22N2O2. The SMILES string of the molecule is COC(OC)C1=N/C(=C\c2[nH]ccc2C)C(C)(C)C1. The van der Waals surface area contributed by atoms with Crippen molar-refractivity contribution in [3.63, 3.8) is 0 Å². The zero-order chi connectivity index (χ0) is 14.0. The number of nitrogens with zero attached hydrogens (tertiary/aromatic N) is 1. The standard InChI is InChI=1S/C15H22N2O2/c1-10-6-7-16-11(10)8-13-15(2,3)9-12(17-13)14(18-4)19-5/h6-8,14,16H,9H2,1-5H3/b13-8-. The number of nitrogens with one attached hydrogen (secondary N) is 1. The van der Waals surface area contributed by atoms with Crippen LogP contribution in [0.4, 0.5) is 0 Å². The van der Waals surface area contributed by atoms with Crippen molar-refractivity contribution in [3.05, 3.63) is 29.2 Å². The summed E-state index contributed by atoms with van der Waals surface area (Å²) in [6, 6.07) is 2.06. The fourth-order valence-electron chi connectivity index (χ4n) is 2.37. The fraction of sp³-hybridized carbons (Fsp3) is 0.533. The Morgan fingerprint density at radius 2 is 2.05 bits per heavy atom. The second-order valence-electron chi connectivity index (χ2n) is 5.57. The second-order valence-corrected chi connectivity index (χ2v) is 5.57. The molecule has 0 radical (unpaired) electrons. The van der Waals surface area contributed by atoms with Gasteiger partial charge in [-0.25, -0.2) is 0 Å². The predicted octanol–water partition coefficient (Wildman–Crippen LogP) is 3.15. The molecule has 104 valence electrons. The fourth-order valence-corrected chi connectivity index (χ4v) is 2.37. The minimum atomic E-state index is -0.352. The van der Waals surface area contributed by atoms with Gasteiger partial charge in [-0.1, -0.05) is 13.8 Å². The van der Waals surface area contributed by atoms with E-state index in [2.05, 4.69) is 37.9 Å². The van der Waals surface area contributed by atoms with Gasteiger partial charge >= 0.3 is 0 Å². The van der Waals surface area contributed by atoms with Gasteiger partial charge in [-0.2, -0.15) is 0 Å². The second kappa shape index (κ2) is 5.31. The van der Waals surface area contributed by atoms with Crippen LogP contribution in [-0.2, 0) is 9.47 Å². The van der Waals surface area contributed by atoms with Gasteiger partial charge in [0.15, 0.2) is 6.29 Å². The van der Waals surface area contributed by atoms with Gasteiger partial charge in [0.25, 0.3) is 0 Å². The molecule has 0 atom stereocenters. The van der Waals surface area contributed by atoms with E-state index in [9.17, 15) is 0 Å². The number of hydrogen-bond donors (Lipinski definition) is 1. The van der Waals surface area contributed by atoms with Gasteiger partial charge in [-0.05, 0) is 24.6 Å². The number of allylic oxidation sites excluding steroid dienone is 1. The van der Waals surface area contributed by atoms with Crippen molar-refractivity contribution < 1.29 is 9.47 Å². The van der Waals surface area contributed by atoms with Crippen LogP contribution < -0.4 is 0 Å². The summed E-state index contributed by atoms with van der Waals surface area (Å²) in [5.41, 5.74) is 4.35. The van der Waals surface area contributed by atoms with Crippen molar-refractivity contribution in [3.8, 4) is 0 Å². The van der Waals surface area contributed by atoms with Gasteiger partial charge in [0.05, 0.1) is 5.71 Å². The average Bonchev–Trinajstić information content (AvgIpc) is 2.87. The monoisotopic (exact) mass is 262 g/mol. The van der Waals surface area contributed by atoms with Gasteiger partial charge in [-0.15, -0.1) is 0 Å². The van der Waals surface area contributed by atoms with E-state index >= 15 is 0 Å². The quantitative estimate of drug-likeness (QED) is 0.847. The van der Waals surface area contributed by atoms with E-state index in [1.807, 2.05) is 6.20 Å². The van der Waals surface area contributed by atoms with Crippen LogP contribution in [-0.4, -0.2) is 31.2 Å². The Morgan fingerprint density at radius 1 is 1.37 bits per heavy atom. The predicted molar refractivity (Wildman–Crippen MR) is 77.1 cm³/mol. The summed E-state index contributed by atoms with van der Waals surface area (Å²) >= 11 is 0. The normalized spacial score (nSPS) is 20.3. The number of rotatable bonds is 4. The lowest BCUT2D eigenvalue weighted by Gasteiger charge is -2.19. The molecule has 4 nitrogen and oxygen atoms in total.